The fourth-order valence-electron chi connectivity index (χ4n) is 2.45. The summed E-state index contributed by atoms with van der Waals surface area (Å²) in [5.74, 6) is 0.639. The molecule has 0 aliphatic heterocycles. The highest BCUT2D eigenvalue weighted by Crippen LogP contribution is 2.23. The van der Waals surface area contributed by atoms with Gasteiger partial charge in [-0.25, -0.2) is 9.59 Å². The van der Waals surface area contributed by atoms with Crippen LogP contribution in [0, 0.1) is 0 Å². The van der Waals surface area contributed by atoms with Crippen molar-refractivity contribution in [2.45, 2.75) is 13.3 Å². The van der Waals surface area contributed by atoms with Gasteiger partial charge in [0.1, 0.15) is 5.75 Å². The van der Waals surface area contributed by atoms with Crippen molar-refractivity contribution in [1.29, 1.82) is 0 Å². The van der Waals surface area contributed by atoms with E-state index in [0.717, 1.165) is 5.69 Å². The van der Waals surface area contributed by atoms with Gasteiger partial charge in [0.25, 0.3) is 0 Å². The van der Waals surface area contributed by atoms with Gasteiger partial charge < -0.3 is 9.84 Å². The van der Waals surface area contributed by atoms with Crippen LogP contribution in [0.3, 0.4) is 0 Å². The van der Waals surface area contributed by atoms with Crippen LogP contribution in [0.2, 0.25) is 0 Å². The van der Waals surface area contributed by atoms with Crippen molar-refractivity contribution < 1.29 is 19.4 Å². The molecule has 0 unspecified atom stereocenters. The molecule has 2 rings (SSSR count). The first-order valence-corrected chi connectivity index (χ1v) is 8.81. The highest BCUT2D eigenvalue weighted by Gasteiger charge is 2.18. The summed E-state index contributed by atoms with van der Waals surface area (Å²) in [6.07, 6.45) is -1.09. The molecule has 0 aliphatic carbocycles. The molecule has 0 saturated heterocycles. The van der Waals surface area contributed by atoms with Gasteiger partial charge in [-0.15, -0.1) is 11.6 Å². The molecule has 6 nitrogen and oxygen atoms in total. The Hall–Kier alpha value is -2.73. The van der Waals surface area contributed by atoms with Crippen molar-refractivity contribution in [2.75, 3.05) is 28.8 Å². The third kappa shape index (κ3) is 5.13. The van der Waals surface area contributed by atoms with E-state index < -0.39 is 12.2 Å². The predicted octanol–water partition coefficient (Wildman–Crippen LogP) is 4.83. The Labute approximate surface area is 157 Å². The zero-order chi connectivity index (χ0) is 18.9. The standard InChI is InChI=1S/C19H21ClN2O4/c1-2-21(15-8-4-3-5-9-15)19(25)26-17-11-6-10-16(14-17)22(18(23)24)13-7-12-20/h3-6,8-11,14H,2,7,12-13H2,1H3,(H,23,24). The van der Waals surface area contributed by atoms with Crippen molar-refractivity contribution in [3.63, 3.8) is 0 Å². The first-order valence-electron chi connectivity index (χ1n) is 8.27. The molecule has 0 saturated carbocycles. The summed E-state index contributed by atoms with van der Waals surface area (Å²) < 4.78 is 5.44. The molecule has 2 aromatic rings. The second-order valence-corrected chi connectivity index (χ2v) is 5.80. The van der Waals surface area contributed by atoms with Crippen LogP contribution in [0.15, 0.2) is 54.6 Å². The first kappa shape index (κ1) is 19.6. The molecule has 1 N–H and O–H groups in total. The number of anilines is 2. The molecule has 0 heterocycles. The molecule has 0 spiro atoms. The van der Waals surface area contributed by atoms with Crippen molar-refractivity contribution in [1.82, 2.24) is 0 Å². The fraction of sp³-hybridized carbons (Fsp3) is 0.263. The fourth-order valence-corrected chi connectivity index (χ4v) is 2.57. The van der Waals surface area contributed by atoms with Gasteiger partial charge in [0.05, 0.1) is 5.69 Å². The van der Waals surface area contributed by atoms with Gasteiger partial charge in [0.2, 0.25) is 0 Å². The van der Waals surface area contributed by atoms with E-state index in [9.17, 15) is 14.7 Å². The quantitative estimate of drug-likeness (QED) is 0.703. The Bertz CT molecular complexity index is 739. The molecule has 0 atom stereocenters. The molecule has 0 bridgehead atoms. The number of ether oxygens (including phenoxy) is 1. The van der Waals surface area contributed by atoms with Crippen LogP contribution in [0.4, 0.5) is 21.0 Å². The van der Waals surface area contributed by atoms with Gasteiger partial charge in [-0.1, -0.05) is 24.3 Å². The third-order valence-corrected chi connectivity index (χ3v) is 3.95. The maximum absolute atomic E-state index is 12.5. The third-order valence-electron chi connectivity index (χ3n) is 3.69. The molecule has 2 aromatic carbocycles. The summed E-state index contributed by atoms with van der Waals surface area (Å²) in [5, 5.41) is 9.37. The Morgan fingerprint density at radius 2 is 1.73 bits per heavy atom. The van der Waals surface area contributed by atoms with E-state index in [0.29, 0.717) is 24.5 Å². The molecule has 0 aliphatic rings. The molecule has 2 amide bonds. The van der Waals surface area contributed by atoms with Crippen LogP contribution >= 0.6 is 11.6 Å². The molecule has 0 fully saturated rings. The lowest BCUT2D eigenvalue weighted by Gasteiger charge is -2.22. The van der Waals surface area contributed by atoms with E-state index in [1.54, 1.807) is 18.2 Å². The van der Waals surface area contributed by atoms with Gasteiger partial charge >= 0.3 is 12.2 Å². The average molecular weight is 377 g/mol. The Morgan fingerprint density at radius 1 is 1.04 bits per heavy atom. The highest BCUT2D eigenvalue weighted by atomic mass is 35.5. The monoisotopic (exact) mass is 376 g/mol. The summed E-state index contributed by atoms with van der Waals surface area (Å²) in [4.78, 5) is 26.6. The van der Waals surface area contributed by atoms with Crippen LogP contribution in [-0.2, 0) is 0 Å². The normalized spacial score (nSPS) is 10.2. The van der Waals surface area contributed by atoms with Crippen molar-refractivity contribution in [2.24, 2.45) is 0 Å². The Morgan fingerprint density at radius 3 is 2.35 bits per heavy atom. The zero-order valence-electron chi connectivity index (χ0n) is 14.5. The molecule has 26 heavy (non-hydrogen) atoms. The Balaban J connectivity index is 2.16. The number of carbonyl (C=O) groups is 2. The summed E-state index contributed by atoms with van der Waals surface area (Å²) in [6, 6.07) is 15.6. The largest absolute Gasteiger partial charge is 0.465 e. The first-order chi connectivity index (χ1) is 12.6. The lowest BCUT2D eigenvalue weighted by atomic mass is 10.2. The minimum absolute atomic E-state index is 0.265. The number of carbonyl (C=O) groups excluding carboxylic acids is 1. The van der Waals surface area contributed by atoms with Gasteiger partial charge in [0, 0.05) is 30.7 Å². The number of carboxylic acid groups (broad SMARTS) is 1. The van der Waals surface area contributed by atoms with E-state index in [2.05, 4.69) is 0 Å². The van der Waals surface area contributed by atoms with Crippen LogP contribution in [0.5, 0.6) is 5.75 Å². The zero-order valence-corrected chi connectivity index (χ0v) is 15.2. The molecule has 0 aromatic heterocycles. The van der Waals surface area contributed by atoms with E-state index in [1.807, 2.05) is 37.3 Å². The van der Waals surface area contributed by atoms with Crippen LogP contribution in [0.1, 0.15) is 13.3 Å². The van der Waals surface area contributed by atoms with Crippen LogP contribution in [-0.4, -0.2) is 36.3 Å². The lowest BCUT2D eigenvalue weighted by molar-refractivity contribution is 0.202. The summed E-state index contributed by atoms with van der Waals surface area (Å²) >= 11 is 5.65. The number of para-hydroxylation sites is 1. The Kier molecular flexibility index (Phi) is 7.29. The molecule has 7 heteroatoms. The van der Waals surface area contributed by atoms with Gasteiger partial charge in [-0.3, -0.25) is 9.80 Å². The van der Waals surface area contributed by atoms with E-state index in [1.165, 1.54) is 15.9 Å². The summed E-state index contributed by atoms with van der Waals surface area (Å²) in [7, 11) is 0. The smallest absolute Gasteiger partial charge is 0.419 e. The summed E-state index contributed by atoms with van der Waals surface area (Å²) in [6.45, 7) is 2.56. The lowest BCUT2D eigenvalue weighted by Crippen LogP contribution is -2.33. The van der Waals surface area contributed by atoms with E-state index in [4.69, 9.17) is 16.3 Å². The second kappa shape index (κ2) is 9.68. The van der Waals surface area contributed by atoms with Crippen molar-refractivity contribution >= 4 is 35.2 Å². The van der Waals surface area contributed by atoms with Crippen molar-refractivity contribution in [3.05, 3.63) is 54.6 Å². The number of halogens is 1. The predicted molar refractivity (Wildman–Crippen MR) is 103 cm³/mol. The maximum Gasteiger partial charge on any atom is 0.419 e. The number of hydrogen-bond donors (Lipinski definition) is 1. The number of hydrogen-bond acceptors (Lipinski definition) is 3. The highest BCUT2D eigenvalue weighted by molar-refractivity contribution is 6.17. The topological polar surface area (TPSA) is 70.1 Å². The summed E-state index contributed by atoms with van der Waals surface area (Å²) in [5.41, 5.74) is 1.15. The molecular weight excluding hydrogens is 356 g/mol. The number of amides is 2. The van der Waals surface area contributed by atoms with Gasteiger partial charge in [0.15, 0.2) is 0 Å². The van der Waals surface area contributed by atoms with E-state index in [-0.39, 0.29) is 12.3 Å². The number of nitrogens with zero attached hydrogens (tertiary/aromatic N) is 2. The van der Waals surface area contributed by atoms with Crippen molar-refractivity contribution in [3.8, 4) is 5.75 Å². The number of benzene rings is 2. The average Bonchev–Trinajstić information content (AvgIpc) is 2.63. The molecule has 138 valence electrons. The SMILES string of the molecule is CCN(C(=O)Oc1cccc(N(CCCCl)C(=O)O)c1)c1ccccc1. The number of rotatable bonds is 7. The van der Waals surface area contributed by atoms with Gasteiger partial charge in [-0.05, 0) is 37.6 Å². The number of alkyl halides is 1. The van der Waals surface area contributed by atoms with Gasteiger partial charge in [-0.2, -0.15) is 0 Å². The molecule has 0 radical (unpaired) electrons. The maximum atomic E-state index is 12.5. The van der Waals surface area contributed by atoms with Crippen LogP contribution < -0.4 is 14.5 Å². The minimum atomic E-state index is -1.09. The van der Waals surface area contributed by atoms with Crippen LogP contribution in [0.25, 0.3) is 0 Å². The van der Waals surface area contributed by atoms with E-state index >= 15 is 0 Å². The minimum Gasteiger partial charge on any atom is -0.465 e. The second-order valence-electron chi connectivity index (χ2n) is 5.42. The molecular formula is C19H21ClN2O4.